The van der Waals surface area contributed by atoms with Crippen LogP contribution in [-0.2, 0) is 15.9 Å². The first kappa shape index (κ1) is 28.3. The largest absolute Gasteiger partial charge is 0.418 e. The fraction of sp³-hybridized carbons (Fsp3) is 0.586. The highest BCUT2D eigenvalue weighted by molar-refractivity contribution is 8.13. The molecule has 202 valence electrons. The summed E-state index contributed by atoms with van der Waals surface area (Å²) >= 11 is 2.25. The number of carbonyl (C=O) groups excluding carboxylic acids is 2. The predicted molar refractivity (Wildman–Crippen MR) is 150 cm³/mol. The fourth-order valence-electron chi connectivity index (χ4n) is 4.67. The third-order valence-electron chi connectivity index (χ3n) is 6.91. The van der Waals surface area contributed by atoms with Crippen LogP contribution in [0.25, 0.3) is 0 Å². The lowest BCUT2D eigenvalue weighted by Gasteiger charge is -2.32. The first-order valence-electron chi connectivity index (χ1n) is 13.3. The Kier molecular flexibility index (Phi) is 10.2. The lowest BCUT2D eigenvalue weighted by molar-refractivity contribution is 0.224. The molecule has 4 rings (SSSR count). The Balaban J connectivity index is 1.70. The molecular formula is C29H38O6S2. The van der Waals surface area contributed by atoms with E-state index in [0.717, 1.165) is 78.7 Å². The van der Waals surface area contributed by atoms with Gasteiger partial charge in [0.15, 0.2) is 0 Å². The summed E-state index contributed by atoms with van der Waals surface area (Å²) in [5.41, 5.74) is 4.08. The van der Waals surface area contributed by atoms with Crippen LogP contribution in [0.4, 0.5) is 9.59 Å². The molecule has 2 saturated heterocycles. The molecule has 1 aliphatic carbocycles. The maximum Gasteiger partial charge on any atom is 0.372 e. The van der Waals surface area contributed by atoms with Crippen molar-refractivity contribution in [1.29, 1.82) is 0 Å². The molecule has 37 heavy (non-hydrogen) atoms. The van der Waals surface area contributed by atoms with E-state index in [1.807, 2.05) is 19.1 Å². The Morgan fingerprint density at radius 2 is 1.59 bits per heavy atom. The number of thioether (sulfide) groups is 2. The van der Waals surface area contributed by atoms with E-state index in [1.165, 1.54) is 5.57 Å². The number of ether oxygens (including phenoxy) is 4. The molecular weight excluding hydrogens is 508 g/mol. The average molecular weight is 547 g/mol. The van der Waals surface area contributed by atoms with E-state index in [0.29, 0.717) is 36.2 Å². The van der Waals surface area contributed by atoms with Gasteiger partial charge in [-0.15, -0.1) is 0 Å². The first-order chi connectivity index (χ1) is 17.8. The fourth-order valence-corrected chi connectivity index (χ4v) is 6.00. The highest BCUT2D eigenvalue weighted by atomic mass is 32.2. The number of allylic oxidation sites excluding steroid dienone is 3. The third kappa shape index (κ3) is 8.63. The summed E-state index contributed by atoms with van der Waals surface area (Å²) in [4.78, 5) is 25.8. The number of carbonyl (C=O) groups is 2. The van der Waals surface area contributed by atoms with Crippen LogP contribution < -0.4 is 9.47 Å². The Bertz CT molecular complexity index is 976. The maximum absolute atomic E-state index is 12.9. The molecule has 2 heterocycles. The number of epoxide rings is 2. The van der Waals surface area contributed by atoms with Gasteiger partial charge in [-0.05, 0) is 86.7 Å². The summed E-state index contributed by atoms with van der Waals surface area (Å²) in [7, 11) is 0. The standard InChI is InChI=1S/C29H38O6S2/c1-5-6-7-8-20-12-25(34-28(30)36-16-21-14-32-21)27(24-11-19(4)9-10-23(24)18(2)3)26(13-20)35-29(31)37-17-22-15-33-22/h11-13,21-24H,2,5-10,14-17H2,1,3-4H3/t21?,22?,23-,24+/m0/s1. The van der Waals surface area contributed by atoms with E-state index in [4.69, 9.17) is 18.9 Å². The van der Waals surface area contributed by atoms with E-state index in [1.54, 1.807) is 0 Å². The second-order valence-electron chi connectivity index (χ2n) is 10.2. The van der Waals surface area contributed by atoms with Crippen molar-refractivity contribution in [1.82, 2.24) is 0 Å². The Morgan fingerprint density at radius 3 is 2.08 bits per heavy atom. The number of hydrogen-bond donors (Lipinski definition) is 0. The van der Waals surface area contributed by atoms with Gasteiger partial charge in [0.2, 0.25) is 0 Å². The van der Waals surface area contributed by atoms with Gasteiger partial charge < -0.3 is 18.9 Å². The van der Waals surface area contributed by atoms with Crippen LogP contribution in [0.15, 0.2) is 35.9 Å². The number of unbranched alkanes of at least 4 members (excludes halogenated alkanes) is 2. The van der Waals surface area contributed by atoms with Gasteiger partial charge in [-0.2, -0.15) is 0 Å². The smallest absolute Gasteiger partial charge is 0.372 e. The molecule has 4 atom stereocenters. The second kappa shape index (κ2) is 13.4. The van der Waals surface area contributed by atoms with Crippen molar-refractivity contribution < 1.29 is 28.5 Å². The minimum absolute atomic E-state index is 0.102. The van der Waals surface area contributed by atoms with Crippen molar-refractivity contribution in [2.45, 2.75) is 77.4 Å². The number of aryl methyl sites for hydroxylation is 1. The molecule has 2 aliphatic heterocycles. The van der Waals surface area contributed by atoms with E-state index < -0.39 is 0 Å². The molecule has 1 aromatic carbocycles. The normalized spacial score (nSPS) is 24.2. The Morgan fingerprint density at radius 1 is 1.03 bits per heavy atom. The SMILES string of the molecule is C=C(C)[C@@H]1CCC(C)=C[C@H]1c1c(OC(=O)SCC2CO2)cc(CCCCC)cc1OC(=O)SCC1CO1. The first-order valence-corrected chi connectivity index (χ1v) is 15.2. The molecule has 0 aromatic heterocycles. The zero-order valence-electron chi connectivity index (χ0n) is 22.1. The summed E-state index contributed by atoms with van der Waals surface area (Å²) in [6.45, 7) is 12.0. The van der Waals surface area contributed by atoms with Gasteiger partial charge in [0, 0.05) is 23.0 Å². The van der Waals surface area contributed by atoms with Gasteiger partial charge in [-0.3, -0.25) is 0 Å². The molecule has 2 fully saturated rings. The van der Waals surface area contributed by atoms with Crippen LogP contribution in [0.5, 0.6) is 11.5 Å². The lowest BCUT2D eigenvalue weighted by Crippen LogP contribution is -2.20. The van der Waals surface area contributed by atoms with E-state index in [9.17, 15) is 9.59 Å². The molecule has 0 N–H and O–H groups in total. The van der Waals surface area contributed by atoms with Crippen LogP contribution in [0.3, 0.4) is 0 Å². The highest BCUT2D eigenvalue weighted by Gasteiger charge is 2.33. The summed E-state index contributed by atoms with van der Waals surface area (Å²) in [5.74, 6) is 2.15. The van der Waals surface area contributed by atoms with Gasteiger partial charge in [0.1, 0.15) is 11.5 Å². The van der Waals surface area contributed by atoms with E-state index in [-0.39, 0.29) is 34.6 Å². The minimum atomic E-state index is -0.372. The molecule has 0 bridgehead atoms. The van der Waals surface area contributed by atoms with Crippen LogP contribution in [-0.4, -0.2) is 47.5 Å². The van der Waals surface area contributed by atoms with E-state index >= 15 is 0 Å². The average Bonchev–Trinajstić information content (AvgIpc) is 3.77. The summed E-state index contributed by atoms with van der Waals surface area (Å²) in [5, 5.41) is -0.744. The topological polar surface area (TPSA) is 77.7 Å². The zero-order valence-corrected chi connectivity index (χ0v) is 23.7. The van der Waals surface area contributed by atoms with Gasteiger partial charge in [-0.1, -0.05) is 43.6 Å². The molecule has 8 heteroatoms. The van der Waals surface area contributed by atoms with Gasteiger partial charge in [0.25, 0.3) is 0 Å². The molecule has 0 amide bonds. The van der Waals surface area contributed by atoms with Crippen LogP contribution in [0.2, 0.25) is 0 Å². The van der Waals surface area contributed by atoms with Crippen molar-refractivity contribution in [3.8, 4) is 11.5 Å². The second-order valence-corrected chi connectivity index (χ2v) is 12.1. The van der Waals surface area contributed by atoms with Crippen molar-refractivity contribution in [3.05, 3.63) is 47.1 Å². The molecule has 3 aliphatic rings. The molecule has 0 radical (unpaired) electrons. The molecule has 6 nitrogen and oxygen atoms in total. The third-order valence-corrected chi connectivity index (χ3v) is 8.63. The minimum Gasteiger partial charge on any atom is -0.418 e. The zero-order chi connectivity index (χ0) is 26.4. The Labute approximate surface area is 228 Å². The maximum atomic E-state index is 12.9. The molecule has 2 unspecified atom stereocenters. The summed E-state index contributed by atoms with van der Waals surface area (Å²) in [6.07, 6.45) is 8.44. The van der Waals surface area contributed by atoms with Crippen molar-refractivity contribution in [2.24, 2.45) is 5.92 Å². The summed E-state index contributed by atoms with van der Waals surface area (Å²) < 4.78 is 22.5. The van der Waals surface area contributed by atoms with Crippen LogP contribution >= 0.6 is 23.5 Å². The van der Waals surface area contributed by atoms with Crippen molar-refractivity contribution in [3.63, 3.8) is 0 Å². The molecule has 1 aromatic rings. The highest BCUT2D eigenvalue weighted by Crippen LogP contribution is 2.48. The van der Waals surface area contributed by atoms with Crippen LogP contribution in [0, 0.1) is 5.92 Å². The van der Waals surface area contributed by atoms with Crippen molar-refractivity contribution >= 4 is 34.1 Å². The number of hydrogen-bond acceptors (Lipinski definition) is 8. The van der Waals surface area contributed by atoms with Gasteiger partial charge in [-0.25, -0.2) is 9.59 Å². The summed E-state index contributed by atoms with van der Waals surface area (Å²) in [6, 6.07) is 3.93. The van der Waals surface area contributed by atoms with Gasteiger partial charge >= 0.3 is 10.6 Å². The monoisotopic (exact) mass is 546 g/mol. The predicted octanol–water partition coefficient (Wildman–Crippen LogP) is 7.70. The van der Waals surface area contributed by atoms with Crippen LogP contribution in [0.1, 0.15) is 69.9 Å². The Hall–Kier alpha value is -1.74. The molecule has 0 spiro atoms. The van der Waals surface area contributed by atoms with Gasteiger partial charge in [0.05, 0.1) is 25.4 Å². The quantitative estimate of drug-likeness (QED) is 0.114. The number of benzene rings is 1. The van der Waals surface area contributed by atoms with E-state index in [2.05, 4.69) is 26.5 Å². The van der Waals surface area contributed by atoms with Crippen molar-refractivity contribution in [2.75, 3.05) is 24.7 Å². The molecule has 0 saturated carbocycles. The lowest BCUT2D eigenvalue weighted by atomic mass is 9.73. The number of rotatable bonds is 12.